The molecule has 2 aromatic heterocycles. The Hall–Kier alpha value is -4.52. The summed E-state index contributed by atoms with van der Waals surface area (Å²) in [6.07, 6.45) is -7.42. The molecule has 42 heavy (non-hydrogen) atoms. The molecule has 0 saturated heterocycles. The molecule has 1 unspecified atom stereocenters. The summed E-state index contributed by atoms with van der Waals surface area (Å²) in [5.41, 5.74) is -4.63. The van der Waals surface area contributed by atoms with Gasteiger partial charge < -0.3 is 14.5 Å². The van der Waals surface area contributed by atoms with E-state index in [1.807, 2.05) is 0 Å². The van der Waals surface area contributed by atoms with Crippen LogP contribution in [-0.2, 0) is 34.3 Å². The number of pyridine rings is 1. The molecule has 0 radical (unpaired) electrons. The van der Waals surface area contributed by atoms with Crippen molar-refractivity contribution >= 4 is 12.1 Å². The smallest absolute Gasteiger partial charge is 0.416 e. The third-order valence-corrected chi connectivity index (χ3v) is 6.74. The Morgan fingerprint density at radius 2 is 1.69 bits per heavy atom. The van der Waals surface area contributed by atoms with Crippen molar-refractivity contribution in [3.8, 4) is 22.8 Å². The van der Waals surface area contributed by atoms with Gasteiger partial charge in [-0.1, -0.05) is 66.7 Å². The molecule has 5 rings (SSSR count). The average Bonchev–Trinajstić information content (AvgIpc) is 3.44. The van der Waals surface area contributed by atoms with Gasteiger partial charge in [-0.15, -0.1) is 10.2 Å². The lowest BCUT2D eigenvalue weighted by molar-refractivity contribution is -0.299. The number of alkyl halides is 6. The molecule has 1 aliphatic rings. The molecule has 0 spiro atoms. The fourth-order valence-electron chi connectivity index (χ4n) is 4.66. The van der Waals surface area contributed by atoms with Gasteiger partial charge in [0, 0.05) is 5.56 Å². The largest absolute Gasteiger partial charge is 0.426 e. The fraction of sp³-hybridized carbons (Fsp3) is 0.241. The summed E-state index contributed by atoms with van der Waals surface area (Å²) in [6, 6.07) is 15.0. The minimum absolute atomic E-state index is 0.109. The molecule has 0 aliphatic carbocycles. The fourth-order valence-corrected chi connectivity index (χ4v) is 4.66. The number of nitrogens with zero attached hydrogens (tertiary/aromatic N) is 3. The minimum Gasteiger partial charge on any atom is -0.416 e. The Morgan fingerprint density at radius 1 is 0.952 bits per heavy atom. The zero-order chi connectivity index (χ0) is 30.0. The van der Waals surface area contributed by atoms with Crippen LogP contribution in [0.5, 0.6) is 0 Å². The van der Waals surface area contributed by atoms with E-state index < -0.39 is 65.4 Å². The number of benzene rings is 2. The Kier molecular flexibility index (Phi) is 7.87. The first kappa shape index (κ1) is 29.0. The highest BCUT2D eigenvalue weighted by Gasteiger charge is 2.61. The lowest BCUT2D eigenvalue weighted by Crippen LogP contribution is -2.45. The molecule has 7 nitrogen and oxygen atoms in total. The zero-order valence-corrected chi connectivity index (χ0v) is 21.7. The van der Waals surface area contributed by atoms with E-state index in [1.54, 1.807) is 48.5 Å². The maximum absolute atomic E-state index is 14.9. The maximum atomic E-state index is 14.9. The van der Waals surface area contributed by atoms with Crippen molar-refractivity contribution in [2.24, 2.45) is 0 Å². The number of anilines is 1. The van der Waals surface area contributed by atoms with Crippen molar-refractivity contribution in [3.05, 3.63) is 95.4 Å². The number of carbonyl (C=O) groups is 1. The molecule has 4 aromatic rings. The van der Waals surface area contributed by atoms with Gasteiger partial charge in [0.1, 0.15) is 0 Å². The molecule has 218 valence electrons. The molecule has 3 heterocycles. The summed E-state index contributed by atoms with van der Waals surface area (Å²) >= 11 is 0. The predicted molar refractivity (Wildman–Crippen MR) is 139 cm³/mol. The number of allylic oxidation sites excluding steroid dienone is 2. The first-order valence-electron chi connectivity index (χ1n) is 12.7. The standard InChI is InChI=1S/C29H22F6N4O3/c30-28(31,32)21-15-22(36-17-40)24-25-38-39-26(42-25)27(29(33,34)35,41-16-18-9-3-1-4-10-18)14-8-2-5-11-19-12-6-7-13-20(19)23(21)37-24/h1-7,9-10,12-13,15,17H,8,11,14,16H2,(H,36,40)/b5-2-. The summed E-state index contributed by atoms with van der Waals surface area (Å²) in [7, 11) is 0. The van der Waals surface area contributed by atoms with Gasteiger partial charge in [0.15, 0.2) is 5.69 Å². The first-order chi connectivity index (χ1) is 20.0. The third-order valence-electron chi connectivity index (χ3n) is 6.74. The highest BCUT2D eigenvalue weighted by atomic mass is 19.4. The minimum atomic E-state index is -5.04. The van der Waals surface area contributed by atoms with E-state index >= 15 is 0 Å². The number of amides is 1. The van der Waals surface area contributed by atoms with E-state index in [0.717, 1.165) is 0 Å². The summed E-state index contributed by atoms with van der Waals surface area (Å²) in [4.78, 5) is 15.5. The van der Waals surface area contributed by atoms with Gasteiger partial charge in [-0.3, -0.25) is 4.79 Å². The molecular weight excluding hydrogens is 566 g/mol. The van der Waals surface area contributed by atoms with E-state index in [9.17, 15) is 31.1 Å². The second kappa shape index (κ2) is 11.4. The van der Waals surface area contributed by atoms with Crippen LogP contribution in [0, 0.1) is 0 Å². The van der Waals surface area contributed by atoms with Crippen molar-refractivity contribution in [2.45, 2.75) is 43.8 Å². The molecule has 1 aliphatic heterocycles. The molecule has 0 saturated carbocycles. The SMILES string of the molecule is O=CNc1cc(C(F)(F)F)c2nc1-c1nnc(o1)C(OCc1ccccc1)(C(F)(F)F)CC/C=C\Cc1ccccc1-2. The van der Waals surface area contributed by atoms with Crippen LogP contribution in [0.2, 0.25) is 0 Å². The van der Waals surface area contributed by atoms with E-state index in [-0.39, 0.29) is 24.8 Å². The number of aromatic nitrogens is 3. The van der Waals surface area contributed by atoms with Crippen LogP contribution in [0.15, 0.2) is 77.2 Å². The first-order valence-corrected chi connectivity index (χ1v) is 12.7. The van der Waals surface area contributed by atoms with Crippen molar-refractivity contribution in [3.63, 3.8) is 0 Å². The van der Waals surface area contributed by atoms with Crippen LogP contribution in [0.25, 0.3) is 22.8 Å². The van der Waals surface area contributed by atoms with Gasteiger partial charge in [-0.2, -0.15) is 26.3 Å². The topological polar surface area (TPSA) is 90.1 Å². The lowest BCUT2D eigenvalue weighted by Gasteiger charge is -2.32. The molecule has 0 fully saturated rings. The van der Waals surface area contributed by atoms with Crippen molar-refractivity contribution in [1.29, 1.82) is 0 Å². The molecular formula is C29H22F6N4O3. The summed E-state index contributed by atoms with van der Waals surface area (Å²) in [5.74, 6) is -1.58. The molecule has 1 N–H and O–H groups in total. The summed E-state index contributed by atoms with van der Waals surface area (Å²) < 4.78 is 98.3. The van der Waals surface area contributed by atoms with E-state index in [0.29, 0.717) is 17.2 Å². The second-order valence-electron chi connectivity index (χ2n) is 9.42. The van der Waals surface area contributed by atoms with E-state index in [4.69, 9.17) is 9.15 Å². The molecule has 2 aromatic carbocycles. The number of halogens is 6. The molecule has 1 atom stereocenters. The van der Waals surface area contributed by atoms with Gasteiger partial charge in [0.25, 0.3) is 11.8 Å². The lowest BCUT2D eigenvalue weighted by atomic mass is 9.94. The van der Waals surface area contributed by atoms with Crippen LogP contribution >= 0.6 is 0 Å². The number of fused-ring (bicyclic) bond motifs is 7. The van der Waals surface area contributed by atoms with E-state index in [2.05, 4.69) is 20.5 Å². The number of rotatable bonds is 5. The Bertz CT molecular complexity index is 1600. The highest BCUT2D eigenvalue weighted by Crippen LogP contribution is 2.47. The normalized spacial score (nSPS) is 18.0. The summed E-state index contributed by atoms with van der Waals surface area (Å²) in [5, 5.41) is 9.49. The zero-order valence-electron chi connectivity index (χ0n) is 21.7. The van der Waals surface area contributed by atoms with Crippen LogP contribution in [0.4, 0.5) is 32.0 Å². The number of ether oxygens (including phenoxy) is 1. The van der Waals surface area contributed by atoms with Crippen LogP contribution in [0.3, 0.4) is 0 Å². The van der Waals surface area contributed by atoms with Gasteiger partial charge in [0.05, 0.1) is 23.6 Å². The predicted octanol–water partition coefficient (Wildman–Crippen LogP) is 7.25. The van der Waals surface area contributed by atoms with Crippen LogP contribution in [0.1, 0.15) is 35.4 Å². The summed E-state index contributed by atoms with van der Waals surface area (Å²) in [6.45, 7) is -0.449. The van der Waals surface area contributed by atoms with Gasteiger partial charge in [-0.25, -0.2) is 4.98 Å². The van der Waals surface area contributed by atoms with Crippen molar-refractivity contribution in [1.82, 2.24) is 15.2 Å². The van der Waals surface area contributed by atoms with Crippen molar-refractivity contribution in [2.75, 3.05) is 5.32 Å². The number of hydrogen-bond acceptors (Lipinski definition) is 6. The Morgan fingerprint density at radius 3 is 2.40 bits per heavy atom. The highest BCUT2D eigenvalue weighted by molar-refractivity contribution is 5.84. The average molecular weight is 589 g/mol. The van der Waals surface area contributed by atoms with Crippen molar-refractivity contribution < 1.29 is 40.3 Å². The molecule has 1 amide bonds. The Balaban J connectivity index is 1.74. The Labute approximate surface area is 235 Å². The third kappa shape index (κ3) is 5.64. The molecule has 13 heteroatoms. The monoisotopic (exact) mass is 588 g/mol. The quantitative estimate of drug-likeness (QED) is 0.150. The number of carbonyl (C=O) groups excluding carboxylic acids is 1. The van der Waals surface area contributed by atoms with Crippen LogP contribution in [-0.4, -0.2) is 27.8 Å². The second-order valence-corrected chi connectivity index (χ2v) is 9.42. The van der Waals surface area contributed by atoms with E-state index in [1.165, 1.54) is 18.2 Å². The van der Waals surface area contributed by atoms with Gasteiger partial charge >= 0.3 is 12.4 Å². The maximum Gasteiger partial charge on any atom is 0.426 e. The van der Waals surface area contributed by atoms with Gasteiger partial charge in [-0.05, 0) is 36.5 Å². The van der Waals surface area contributed by atoms with Gasteiger partial charge in [0.2, 0.25) is 12.0 Å². The molecule has 4 bridgehead atoms. The number of nitrogens with one attached hydrogen (secondary N) is 1. The number of hydrogen-bond donors (Lipinski definition) is 1. The van der Waals surface area contributed by atoms with Crippen LogP contribution < -0.4 is 5.32 Å².